The fourth-order valence-corrected chi connectivity index (χ4v) is 4.42. The van der Waals surface area contributed by atoms with Crippen LogP contribution in [0.15, 0.2) is 54.6 Å². The maximum absolute atomic E-state index is 13.2. The molecule has 1 spiro atoms. The SMILES string of the molecule is O=C1N(c2ccc(OC(F)(F)F)cc2)CC[C@]12CCN(Cc1ccccc1)C[C@H]2O. The molecule has 1 N–H and O–H groups in total. The summed E-state index contributed by atoms with van der Waals surface area (Å²) in [4.78, 5) is 16.9. The van der Waals surface area contributed by atoms with Crippen LogP contribution in [0.4, 0.5) is 18.9 Å². The number of likely N-dealkylation sites (tertiary alicyclic amines) is 1. The predicted octanol–water partition coefficient (Wildman–Crippen LogP) is 3.58. The highest BCUT2D eigenvalue weighted by Crippen LogP contribution is 2.43. The number of halogens is 3. The zero-order valence-corrected chi connectivity index (χ0v) is 16.3. The highest BCUT2D eigenvalue weighted by Gasteiger charge is 2.53. The lowest BCUT2D eigenvalue weighted by atomic mass is 9.74. The molecule has 4 rings (SSSR count). The summed E-state index contributed by atoms with van der Waals surface area (Å²) in [7, 11) is 0. The van der Waals surface area contributed by atoms with Crippen molar-refractivity contribution in [1.29, 1.82) is 0 Å². The number of nitrogens with zero attached hydrogens (tertiary/aromatic N) is 2. The number of piperidine rings is 1. The Bertz CT molecular complexity index is 889. The first-order valence-corrected chi connectivity index (χ1v) is 9.89. The first kappa shape index (κ1) is 20.7. The molecule has 2 heterocycles. The van der Waals surface area contributed by atoms with E-state index in [-0.39, 0.29) is 11.7 Å². The molecular formula is C22H23F3N2O3. The van der Waals surface area contributed by atoms with Crippen molar-refractivity contribution in [2.75, 3.05) is 24.5 Å². The van der Waals surface area contributed by atoms with E-state index in [4.69, 9.17) is 0 Å². The van der Waals surface area contributed by atoms with Crippen LogP contribution >= 0.6 is 0 Å². The number of hydrogen-bond acceptors (Lipinski definition) is 4. The molecule has 0 unspecified atom stereocenters. The Morgan fingerprint density at radius 2 is 1.70 bits per heavy atom. The molecular weight excluding hydrogens is 397 g/mol. The average molecular weight is 420 g/mol. The van der Waals surface area contributed by atoms with Gasteiger partial charge in [-0.25, -0.2) is 0 Å². The molecule has 5 nitrogen and oxygen atoms in total. The largest absolute Gasteiger partial charge is 0.573 e. The lowest BCUT2D eigenvalue weighted by Crippen LogP contribution is -2.54. The second-order valence-corrected chi connectivity index (χ2v) is 7.89. The van der Waals surface area contributed by atoms with E-state index < -0.39 is 17.9 Å². The van der Waals surface area contributed by atoms with Crippen molar-refractivity contribution < 1.29 is 27.8 Å². The maximum Gasteiger partial charge on any atom is 0.573 e. The van der Waals surface area contributed by atoms with Gasteiger partial charge in [-0.2, -0.15) is 0 Å². The minimum atomic E-state index is -4.76. The fourth-order valence-electron chi connectivity index (χ4n) is 4.42. The average Bonchev–Trinajstić information content (AvgIpc) is 3.03. The molecule has 0 aliphatic carbocycles. The van der Waals surface area contributed by atoms with Gasteiger partial charge in [0.1, 0.15) is 5.75 Å². The third kappa shape index (κ3) is 4.15. The van der Waals surface area contributed by atoms with E-state index in [0.717, 1.165) is 5.56 Å². The lowest BCUT2D eigenvalue weighted by Gasteiger charge is -2.42. The number of β-amino-alcohol motifs (C(OH)–C–C–N with tert-alkyl or cyclic N) is 1. The Hall–Kier alpha value is -2.58. The van der Waals surface area contributed by atoms with Gasteiger partial charge in [0.25, 0.3) is 0 Å². The number of rotatable bonds is 4. The molecule has 0 bridgehead atoms. The maximum atomic E-state index is 13.2. The first-order chi connectivity index (χ1) is 14.3. The van der Waals surface area contributed by atoms with Gasteiger partial charge in [0.15, 0.2) is 0 Å². The summed E-state index contributed by atoms with van der Waals surface area (Å²) in [6.45, 7) is 2.25. The van der Waals surface area contributed by atoms with Gasteiger partial charge < -0.3 is 14.7 Å². The summed E-state index contributed by atoms with van der Waals surface area (Å²) < 4.78 is 40.9. The molecule has 2 aromatic carbocycles. The molecule has 30 heavy (non-hydrogen) atoms. The number of aliphatic hydroxyl groups excluding tert-OH is 1. The Labute approximate surface area is 172 Å². The minimum absolute atomic E-state index is 0.168. The number of hydrogen-bond donors (Lipinski definition) is 1. The van der Waals surface area contributed by atoms with Crippen molar-refractivity contribution >= 4 is 11.6 Å². The summed E-state index contributed by atoms with van der Waals surface area (Å²) in [6.07, 6.45) is -4.48. The molecule has 2 fully saturated rings. The number of aliphatic hydroxyl groups is 1. The molecule has 2 atom stereocenters. The molecule has 2 aromatic rings. The second-order valence-electron chi connectivity index (χ2n) is 7.89. The van der Waals surface area contributed by atoms with E-state index in [1.54, 1.807) is 4.90 Å². The van der Waals surface area contributed by atoms with Crippen LogP contribution in [0.1, 0.15) is 18.4 Å². The van der Waals surface area contributed by atoms with Crippen LogP contribution in [0.3, 0.4) is 0 Å². The van der Waals surface area contributed by atoms with Gasteiger partial charge in [-0.05, 0) is 49.2 Å². The molecule has 2 aliphatic heterocycles. The van der Waals surface area contributed by atoms with Gasteiger partial charge in [0.05, 0.1) is 11.5 Å². The number of carbonyl (C=O) groups excluding carboxylic acids is 1. The predicted molar refractivity (Wildman–Crippen MR) is 105 cm³/mol. The van der Waals surface area contributed by atoms with Crippen molar-refractivity contribution in [1.82, 2.24) is 4.90 Å². The molecule has 2 saturated heterocycles. The van der Waals surface area contributed by atoms with Crippen LogP contribution in [0, 0.1) is 5.41 Å². The molecule has 0 saturated carbocycles. The van der Waals surface area contributed by atoms with Gasteiger partial charge in [-0.3, -0.25) is 9.69 Å². The summed E-state index contributed by atoms with van der Waals surface area (Å²) in [5.41, 5.74) is 0.820. The first-order valence-electron chi connectivity index (χ1n) is 9.89. The Balaban J connectivity index is 1.42. The fraction of sp³-hybridized carbons (Fsp3) is 0.409. The Morgan fingerprint density at radius 1 is 1.03 bits per heavy atom. The van der Waals surface area contributed by atoms with Gasteiger partial charge in [-0.15, -0.1) is 13.2 Å². The van der Waals surface area contributed by atoms with Gasteiger partial charge in [0.2, 0.25) is 5.91 Å². The van der Waals surface area contributed by atoms with E-state index in [0.29, 0.717) is 44.7 Å². The molecule has 2 aliphatic rings. The number of alkyl halides is 3. The van der Waals surface area contributed by atoms with Crippen LogP contribution in [0.5, 0.6) is 5.75 Å². The monoisotopic (exact) mass is 420 g/mol. The molecule has 1 amide bonds. The normalized spacial score (nSPS) is 25.1. The van der Waals surface area contributed by atoms with Crippen molar-refractivity contribution in [3.63, 3.8) is 0 Å². The Morgan fingerprint density at radius 3 is 2.33 bits per heavy atom. The smallest absolute Gasteiger partial charge is 0.406 e. The zero-order valence-electron chi connectivity index (χ0n) is 16.3. The van der Waals surface area contributed by atoms with E-state index in [1.807, 2.05) is 30.3 Å². The lowest BCUT2D eigenvalue weighted by molar-refractivity contribution is -0.274. The molecule has 8 heteroatoms. The van der Waals surface area contributed by atoms with Crippen molar-refractivity contribution in [3.8, 4) is 5.75 Å². The summed E-state index contributed by atoms with van der Waals surface area (Å²) in [5, 5.41) is 10.9. The van der Waals surface area contributed by atoms with E-state index in [9.17, 15) is 23.1 Å². The van der Waals surface area contributed by atoms with Crippen LogP contribution in [-0.2, 0) is 11.3 Å². The number of benzene rings is 2. The Kier molecular flexibility index (Phi) is 5.46. The van der Waals surface area contributed by atoms with Gasteiger partial charge in [-0.1, -0.05) is 30.3 Å². The van der Waals surface area contributed by atoms with Crippen LogP contribution in [-0.4, -0.2) is 48.0 Å². The topological polar surface area (TPSA) is 53.0 Å². The number of carbonyl (C=O) groups is 1. The number of anilines is 1. The minimum Gasteiger partial charge on any atom is -0.406 e. The quantitative estimate of drug-likeness (QED) is 0.822. The zero-order chi connectivity index (χ0) is 21.4. The van der Waals surface area contributed by atoms with Gasteiger partial charge in [0, 0.05) is 25.3 Å². The third-order valence-corrected chi connectivity index (χ3v) is 6.03. The van der Waals surface area contributed by atoms with Crippen molar-refractivity contribution in [3.05, 3.63) is 60.2 Å². The summed E-state index contributed by atoms with van der Waals surface area (Å²) in [5.74, 6) is -0.499. The second kappa shape index (κ2) is 7.92. The van der Waals surface area contributed by atoms with Crippen molar-refractivity contribution in [2.45, 2.75) is 31.9 Å². The molecule has 0 aromatic heterocycles. The van der Waals surface area contributed by atoms with E-state index in [2.05, 4.69) is 9.64 Å². The number of ether oxygens (including phenoxy) is 1. The standard InChI is InChI=1S/C22H23F3N2O3/c23-22(24,25)30-18-8-6-17(7-9-18)27-13-11-21(20(27)29)10-12-26(15-19(21)28)14-16-4-2-1-3-5-16/h1-9,19,28H,10-15H2/t19-,21+/m1/s1. The third-order valence-electron chi connectivity index (χ3n) is 6.03. The van der Waals surface area contributed by atoms with Crippen LogP contribution in [0.25, 0.3) is 0 Å². The van der Waals surface area contributed by atoms with Gasteiger partial charge >= 0.3 is 6.36 Å². The highest BCUT2D eigenvalue weighted by atomic mass is 19.4. The molecule has 160 valence electrons. The summed E-state index contributed by atoms with van der Waals surface area (Å²) in [6, 6.07) is 15.2. The van der Waals surface area contributed by atoms with E-state index in [1.165, 1.54) is 24.3 Å². The van der Waals surface area contributed by atoms with Crippen LogP contribution in [0.2, 0.25) is 0 Å². The molecule has 0 radical (unpaired) electrons. The van der Waals surface area contributed by atoms with E-state index >= 15 is 0 Å². The number of amides is 1. The highest BCUT2D eigenvalue weighted by molar-refractivity contribution is 6.00. The van der Waals surface area contributed by atoms with Crippen LogP contribution < -0.4 is 9.64 Å². The summed E-state index contributed by atoms with van der Waals surface area (Å²) >= 11 is 0. The van der Waals surface area contributed by atoms with Crippen molar-refractivity contribution in [2.24, 2.45) is 5.41 Å².